The zero-order chi connectivity index (χ0) is 16.9. The first-order valence-electron chi connectivity index (χ1n) is 8.86. The van der Waals surface area contributed by atoms with Crippen molar-refractivity contribution in [3.63, 3.8) is 0 Å². The van der Waals surface area contributed by atoms with Crippen molar-refractivity contribution in [2.45, 2.75) is 32.6 Å². The van der Waals surface area contributed by atoms with E-state index in [0.29, 0.717) is 24.8 Å². The minimum atomic E-state index is 0. The molecule has 2 unspecified atom stereocenters. The lowest BCUT2D eigenvalue weighted by Gasteiger charge is -2.28. The van der Waals surface area contributed by atoms with E-state index in [2.05, 4.69) is 22.5 Å². The van der Waals surface area contributed by atoms with E-state index in [4.69, 9.17) is 11.6 Å². The highest BCUT2D eigenvalue weighted by atomic mass is 35.5. The summed E-state index contributed by atoms with van der Waals surface area (Å²) >= 11 is 6.07. The normalized spacial score (nSPS) is 18.6. The zero-order valence-electron chi connectivity index (χ0n) is 14.6. The largest absolute Gasteiger partial charge is 0.361 e. The van der Waals surface area contributed by atoms with E-state index in [9.17, 15) is 4.79 Å². The number of hydrogen-bond acceptors (Lipinski definition) is 2. The molecule has 138 valence electrons. The summed E-state index contributed by atoms with van der Waals surface area (Å²) in [6, 6.07) is 5.84. The Bertz CT molecular complexity index is 695. The van der Waals surface area contributed by atoms with E-state index >= 15 is 0 Å². The number of H-pyrrole nitrogens is 1. The number of hydrogen-bond donors (Lipinski definition) is 3. The Kier molecular flexibility index (Phi) is 7.60. The molecule has 25 heavy (non-hydrogen) atoms. The molecule has 2 heterocycles. The summed E-state index contributed by atoms with van der Waals surface area (Å²) in [5, 5.41) is 8.37. The number of halogens is 2. The maximum absolute atomic E-state index is 12.2. The van der Waals surface area contributed by atoms with Gasteiger partial charge in [-0.2, -0.15) is 0 Å². The summed E-state index contributed by atoms with van der Waals surface area (Å²) in [6.45, 7) is 5.02. The van der Waals surface area contributed by atoms with Crippen LogP contribution in [-0.2, 0) is 11.2 Å². The van der Waals surface area contributed by atoms with Crippen molar-refractivity contribution < 1.29 is 4.79 Å². The van der Waals surface area contributed by atoms with Gasteiger partial charge in [0.1, 0.15) is 0 Å². The minimum absolute atomic E-state index is 0. The summed E-state index contributed by atoms with van der Waals surface area (Å²) in [7, 11) is 0. The second-order valence-electron chi connectivity index (χ2n) is 6.89. The van der Waals surface area contributed by atoms with Gasteiger partial charge in [-0.25, -0.2) is 0 Å². The molecule has 1 aromatic carbocycles. The lowest BCUT2D eigenvalue weighted by molar-refractivity contribution is -0.122. The summed E-state index contributed by atoms with van der Waals surface area (Å²) in [5.74, 6) is 1.22. The molecule has 1 aromatic heterocycles. The van der Waals surface area contributed by atoms with Gasteiger partial charge < -0.3 is 15.6 Å². The van der Waals surface area contributed by atoms with Crippen LogP contribution in [0.1, 0.15) is 31.7 Å². The molecular formula is C19H27Cl2N3O. The minimum Gasteiger partial charge on any atom is -0.361 e. The third-order valence-corrected chi connectivity index (χ3v) is 5.33. The van der Waals surface area contributed by atoms with Crippen molar-refractivity contribution >= 4 is 40.8 Å². The second kappa shape index (κ2) is 9.46. The molecule has 2 atom stereocenters. The molecule has 1 aliphatic heterocycles. The topological polar surface area (TPSA) is 56.9 Å². The number of nitrogens with one attached hydrogen (secondary N) is 3. The Labute approximate surface area is 160 Å². The maximum Gasteiger partial charge on any atom is 0.220 e. The molecule has 1 saturated heterocycles. The first kappa shape index (κ1) is 20.1. The Morgan fingerprint density at radius 2 is 2.28 bits per heavy atom. The van der Waals surface area contributed by atoms with Crippen LogP contribution in [0.25, 0.3) is 10.9 Å². The van der Waals surface area contributed by atoms with Crippen LogP contribution in [0.3, 0.4) is 0 Å². The number of carbonyl (C=O) groups excluding carboxylic acids is 1. The van der Waals surface area contributed by atoms with Gasteiger partial charge in [0.05, 0.1) is 0 Å². The lowest BCUT2D eigenvalue weighted by Crippen LogP contribution is -2.36. The van der Waals surface area contributed by atoms with Crippen molar-refractivity contribution in [1.82, 2.24) is 15.6 Å². The van der Waals surface area contributed by atoms with Crippen LogP contribution in [0.15, 0.2) is 24.4 Å². The van der Waals surface area contributed by atoms with Gasteiger partial charge in [0.25, 0.3) is 0 Å². The highest BCUT2D eigenvalue weighted by Gasteiger charge is 2.21. The predicted molar refractivity (Wildman–Crippen MR) is 107 cm³/mol. The highest BCUT2D eigenvalue weighted by molar-refractivity contribution is 6.31. The summed E-state index contributed by atoms with van der Waals surface area (Å²) in [4.78, 5) is 15.4. The van der Waals surface area contributed by atoms with Crippen LogP contribution in [0.4, 0.5) is 0 Å². The average molecular weight is 384 g/mol. The molecule has 1 fully saturated rings. The highest BCUT2D eigenvalue weighted by Crippen LogP contribution is 2.23. The van der Waals surface area contributed by atoms with Crippen LogP contribution in [0.2, 0.25) is 5.02 Å². The molecule has 1 amide bonds. The van der Waals surface area contributed by atoms with Gasteiger partial charge in [-0.1, -0.05) is 18.5 Å². The van der Waals surface area contributed by atoms with Gasteiger partial charge in [-0.05, 0) is 68.0 Å². The predicted octanol–water partition coefficient (Wildman–Crippen LogP) is 3.93. The average Bonchev–Trinajstić information content (AvgIpc) is 2.98. The van der Waals surface area contributed by atoms with E-state index < -0.39 is 0 Å². The third kappa shape index (κ3) is 5.37. The van der Waals surface area contributed by atoms with Gasteiger partial charge >= 0.3 is 0 Å². The van der Waals surface area contributed by atoms with Crippen molar-refractivity contribution in [3.05, 3.63) is 35.0 Å². The lowest BCUT2D eigenvalue weighted by atomic mass is 9.85. The molecule has 0 bridgehead atoms. The van der Waals surface area contributed by atoms with Crippen LogP contribution in [-0.4, -0.2) is 30.5 Å². The SMILES string of the molecule is CC(CC(=O)NCCc1c[nH]c2ccc(Cl)cc12)C1CCCNC1.Cl. The Morgan fingerprint density at radius 1 is 1.44 bits per heavy atom. The molecule has 6 heteroatoms. The number of rotatable bonds is 6. The zero-order valence-corrected chi connectivity index (χ0v) is 16.2. The van der Waals surface area contributed by atoms with Crippen molar-refractivity contribution in [2.24, 2.45) is 11.8 Å². The summed E-state index contributed by atoms with van der Waals surface area (Å²) in [5.41, 5.74) is 2.27. The molecule has 3 rings (SSSR count). The number of carbonyl (C=O) groups is 1. The van der Waals surface area contributed by atoms with E-state index in [1.807, 2.05) is 24.4 Å². The van der Waals surface area contributed by atoms with Gasteiger partial charge in [0, 0.05) is 35.1 Å². The fraction of sp³-hybridized carbons (Fsp3) is 0.526. The number of aromatic nitrogens is 1. The van der Waals surface area contributed by atoms with E-state index in [-0.39, 0.29) is 18.3 Å². The molecule has 3 N–H and O–H groups in total. The van der Waals surface area contributed by atoms with Crippen LogP contribution >= 0.6 is 24.0 Å². The molecule has 0 aliphatic carbocycles. The summed E-state index contributed by atoms with van der Waals surface area (Å²) in [6.07, 6.45) is 5.89. The quantitative estimate of drug-likeness (QED) is 0.707. The number of fused-ring (bicyclic) bond motifs is 1. The van der Waals surface area contributed by atoms with E-state index in [0.717, 1.165) is 35.4 Å². The van der Waals surface area contributed by atoms with Crippen molar-refractivity contribution in [3.8, 4) is 0 Å². The fourth-order valence-corrected chi connectivity index (χ4v) is 3.76. The molecule has 1 aliphatic rings. The summed E-state index contributed by atoms with van der Waals surface area (Å²) < 4.78 is 0. The van der Waals surface area contributed by atoms with Gasteiger partial charge in [-0.3, -0.25) is 4.79 Å². The van der Waals surface area contributed by atoms with Crippen molar-refractivity contribution in [2.75, 3.05) is 19.6 Å². The standard InChI is InChI=1S/C19H26ClN3O.ClH/c1-13(14-3-2-7-21-11-14)9-19(24)22-8-6-15-12-23-18-5-4-16(20)10-17(15)18;/h4-5,10,12-14,21,23H,2-3,6-9,11H2,1H3,(H,22,24);1H. The number of piperidine rings is 1. The van der Waals surface area contributed by atoms with Gasteiger partial charge in [0.15, 0.2) is 0 Å². The molecule has 0 radical (unpaired) electrons. The number of amides is 1. The molecule has 0 spiro atoms. The smallest absolute Gasteiger partial charge is 0.220 e. The van der Waals surface area contributed by atoms with Gasteiger partial charge in [-0.15, -0.1) is 12.4 Å². The molecule has 2 aromatic rings. The monoisotopic (exact) mass is 383 g/mol. The third-order valence-electron chi connectivity index (χ3n) is 5.09. The van der Waals surface area contributed by atoms with Crippen molar-refractivity contribution in [1.29, 1.82) is 0 Å². The molecule has 4 nitrogen and oxygen atoms in total. The van der Waals surface area contributed by atoms with E-state index in [1.165, 1.54) is 18.4 Å². The first-order chi connectivity index (χ1) is 11.6. The van der Waals surface area contributed by atoms with Crippen LogP contribution in [0.5, 0.6) is 0 Å². The van der Waals surface area contributed by atoms with Crippen LogP contribution in [0, 0.1) is 11.8 Å². The molecular weight excluding hydrogens is 357 g/mol. The Hall–Kier alpha value is -1.23. The van der Waals surface area contributed by atoms with E-state index in [1.54, 1.807) is 0 Å². The number of benzene rings is 1. The second-order valence-corrected chi connectivity index (χ2v) is 7.33. The molecule has 0 saturated carbocycles. The fourth-order valence-electron chi connectivity index (χ4n) is 3.59. The van der Waals surface area contributed by atoms with Crippen LogP contribution < -0.4 is 10.6 Å². The maximum atomic E-state index is 12.2. The first-order valence-corrected chi connectivity index (χ1v) is 9.24. The van der Waals surface area contributed by atoms with Gasteiger partial charge in [0.2, 0.25) is 5.91 Å². The Balaban J connectivity index is 0.00000225. The number of aromatic amines is 1. The Morgan fingerprint density at radius 3 is 3.04 bits per heavy atom.